The van der Waals surface area contributed by atoms with Gasteiger partial charge >= 0.3 is 0 Å². The van der Waals surface area contributed by atoms with E-state index in [1.165, 1.54) is 6.07 Å². The first-order valence-corrected chi connectivity index (χ1v) is 9.80. The molecular formula is C24H23FN4O. The highest BCUT2D eigenvalue weighted by atomic mass is 19.1. The molecule has 0 aliphatic carbocycles. The van der Waals surface area contributed by atoms with Gasteiger partial charge in [0.1, 0.15) is 5.82 Å². The summed E-state index contributed by atoms with van der Waals surface area (Å²) in [6, 6.07) is 14.3. The van der Waals surface area contributed by atoms with Crippen LogP contribution in [0.3, 0.4) is 0 Å². The number of halogens is 1. The molecule has 1 amide bonds. The van der Waals surface area contributed by atoms with Crippen molar-refractivity contribution in [1.29, 1.82) is 0 Å². The zero-order valence-electron chi connectivity index (χ0n) is 17.5. The standard InChI is InChI=1S/C24H23FN4O/c1-14-9-10-22-19(11-14)20(12-15(2)26-22)24(30)27-23-16(3)28-29(17(23)4)13-18-7-5-6-8-21(18)25/h5-12H,13H2,1-4H3,(H,27,30). The summed E-state index contributed by atoms with van der Waals surface area (Å²) in [7, 11) is 0. The van der Waals surface area contributed by atoms with Crippen molar-refractivity contribution >= 4 is 22.5 Å². The highest BCUT2D eigenvalue weighted by molar-refractivity contribution is 6.12. The molecule has 1 N–H and O–H groups in total. The highest BCUT2D eigenvalue weighted by Gasteiger charge is 2.18. The third kappa shape index (κ3) is 3.68. The van der Waals surface area contributed by atoms with Crippen molar-refractivity contribution in [3.63, 3.8) is 0 Å². The summed E-state index contributed by atoms with van der Waals surface area (Å²) in [4.78, 5) is 17.7. The quantitative estimate of drug-likeness (QED) is 0.516. The molecule has 0 unspecified atom stereocenters. The van der Waals surface area contributed by atoms with Gasteiger partial charge in [0.25, 0.3) is 5.91 Å². The summed E-state index contributed by atoms with van der Waals surface area (Å²) in [5, 5.41) is 8.33. The average molecular weight is 402 g/mol. The Kier molecular flexibility index (Phi) is 5.08. The van der Waals surface area contributed by atoms with Gasteiger partial charge in [-0.15, -0.1) is 0 Å². The van der Waals surface area contributed by atoms with E-state index in [0.29, 0.717) is 29.1 Å². The number of hydrogen-bond donors (Lipinski definition) is 1. The lowest BCUT2D eigenvalue weighted by Crippen LogP contribution is -2.14. The molecule has 0 saturated carbocycles. The number of anilines is 1. The summed E-state index contributed by atoms with van der Waals surface area (Å²) >= 11 is 0. The van der Waals surface area contributed by atoms with E-state index in [-0.39, 0.29) is 11.7 Å². The molecule has 0 atom stereocenters. The Balaban J connectivity index is 1.68. The summed E-state index contributed by atoms with van der Waals surface area (Å²) in [5.74, 6) is -0.488. The molecule has 0 aliphatic rings. The van der Waals surface area contributed by atoms with Gasteiger partial charge < -0.3 is 5.32 Å². The highest BCUT2D eigenvalue weighted by Crippen LogP contribution is 2.25. The normalized spacial score (nSPS) is 11.1. The number of nitrogens with one attached hydrogen (secondary N) is 1. The Morgan fingerprint density at radius 2 is 1.83 bits per heavy atom. The number of carbonyl (C=O) groups is 1. The number of pyridine rings is 1. The van der Waals surface area contributed by atoms with Gasteiger partial charge in [-0.3, -0.25) is 14.5 Å². The fourth-order valence-electron chi connectivity index (χ4n) is 3.66. The number of carbonyl (C=O) groups excluding carboxylic acids is 1. The van der Waals surface area contributed by atoms with E-state index >= 15 is 0 Å². The van der Waals surface area contributed by atoms with Crippen LogP contribution < -0.4 is 5.32 Å². The minimum atomic E-state index is -0.273. The molecule has 5 nitrogen and oxygen atoms in total. The third-order valence-corrected chi connectivity index (χ3v) is 5.23. The maximum absolute atomic E-state index is 14.0. The topological polar surface area (TPSA) is 59.8 Å². The average Bonchev–Trinajstić information content (AvgIpc) is 2.96. The third-order valence-electron chi connectivity index (χ3n) is 5.23. The first-order valence-electron chi connectivity index (χ1n) is 9.80. The van der Waals surface area contributed by atoms with Crippen LogP contribution in [-0.4, -0.2) is 20.7 Å². The first-order chi connectivity index (χ1) is 14.3. The minimum Gasteiger partial charge on any atom is -0.319 e. The maximum Gasteiger partial charge on any atom is 0.256 e. The molecule has 4 aromatic rings. The molecule has 0 fully saturated rings. The maximum atomic E-state index is 14.0. The summed E-state index contributed by atoms with van der Waals surface area (Å²) in [6.45, 7) is 7.86. The molecule has 0 radical (unpaired) electrons. The number of aryl methyl sites for hydroxylation is 3. The number of hydrogen-bond acceptors (Lipinski definition) is 3. The van der Waals surface area contributed by atoms with Crippen molar-refractivity contribution in [3.8, 4) is 0 Å². The van der Waals surface area contributed by atoms with Crippen molar-refractivity contribution in [2.45, 2.75) is 34.2 Å². The first kappa shape index (κ1) is 19.8. The molecule has 4 rings (SSSR count). The van der Waals surface area contributed by atoms with Gasteiger partial charge in [-0.25, -0.2) is 4.39 Å². The second kappa shape index (κ2) is 7.71. The Morgan fingerprint density at radius 3 is 2.60 bits per heavy atom. The van der Waals surface area contributed by atoms with Crippen molar-refractivity contribution in [2.24, 2.45) is 0 Å². The van der Waals surface area contributed by atoms with E-state index in [1.807, 2.05) is 45.9 Å². The summed E-state index contributed by atoms with van der Waals surface area (Å²) < 4.78 is 15.8. The molecule has 30 heavy (non-hydrogen) atoms. The smallest absolute Gasteiger partial charge is 0.256 e. The fraction of sp³-hybridized carbons (Fsp3) is 0.208. The Hall–Kier alpha value is -3.54. The molecule has 2 aromatic heterocycles. The zero-order valence-corrected chi connectivity index (χ0v) is 17.5. The predicted molar refractivity (Wildman–Crippen MR) is 116 cm³/mol. The van der Waals surface area contributed by atoms with E-state index in [2.05, 4.69) is 15.4 Å². The Labute approximate surface area is 174 Å². The summed E-state index contributed by atoms with van der Waals surface area (Å²) in [6.07, 6.45) is 0. The Bertz CT molecular complexity index is 1280. The van der Waals surface area contributed by atoms with Crippen LogP contribution in [0.2, 0.25) is 0 Å². The number of aromatic nitrogens is 3. The van der Waals surface area contributed by atoms with Crippen LogP contribution in [0.4, 0.5) is 10.1 Å². The number of amides is 1. The Morgan fingerprint density at radius 1 is 1.07 bits per heavy atom. The van der Waals surface area contributed by atoms with Crippen molar-refractivity contribution in [2.75, 3.05) is 5.32 Å². The SMILES string of the molecule is Cc1ccc2nc(C)cc(C(=O)Nc3c(C)nn(Cc4ccccc4F)c3C)c2c1. The number of fused-ring (bicyclic) bond motifs is 1. The van der Waals surface area contributed by atoms with Gasteiger partial charge in [-0.2, -0.15) is 5.10 Å². The van der Waals surface area contributed by atoms with Crippen LogP contribution in [0, 0.1) is 33.5 Å². The summed E-state index contributed by atoms with van der Waals surface area (Å²) in [5.41, 5.74) is 5.85. The lowest BCUT2D eigenvalue weighted by molar-refractivity contribution is 0.102. The molecule has 0 saturated heterocycles. The van der Waals surface area contributed by atoms with E-state index in [1.54, 1.807) is 28.9 Å². The fourth-order valence-corrected chi connectivity index (χ4v) is 3.66. The van der Waals surface area contributed by atoms with Crippen molar-refractivity contribution in [3.05, 3.63) is 88.1 Å². The number of benzene rings is 2. The molecular weight excluding hydrogens is 379 g/mol. The van der Waals surface area contributed by atoms with Gasteiger partial charge in [0.2, 0.25) is 0 Å². The molecule has 2 heterocycles. The zero-order chi connectivity index (χ0) is 21.4. The van der Waals surface area contributed by atoms with Gasteiger partial charge in [-0.1, -0.05) is 29.8 Å². The molecule has 2 aromatic carbocycles. The monoisotopic (exact) mass is 402 g/mol. The van der Waals surface area contributed by atoms with Crippen LogP contribution in [0.25, 0.3) is 10.9 Å². The van der Waals surface area contributed by atoms with Crippen LogP contribution in [0.15, 0.2) is 48.5 Å². The molecule has 0 aliphatic heterocycles. The molecule has 152 valence electrons. The molecule has 0 bridgehead atoms. The van der Waals surface area contributed by atoms with Gasteiger partial charge in [0, 0.05) is 16.6 Å². The van der Waals surface area contributed by atoms with Crippen molar-refractivity contribution in [1.82, 2.24) is 14.8 Å². The van der Waals surface area contributed by atoms with Crippen LogP contribution in [-0.2, 0) is 6.54 Å². The lowest BCUT2D eigenvalue weighted by atomic mass is 10.0. The van der Waals surface area contributed by atoms with Crippen LogP contribution in [0.5, 0.6) is 0 Å². The second-order valence-corrected chi connectivity index (χ2v) is 7.58. The largest absolute Gasteiger partial charge is 0.319 e. The predicted octanol–water partition coefficient (Wildman–Crippen LogP) is 5.10. The lowest BCUT2D eigenvalue weighted by Gasteiger charge is -2.11. The van der Waals surface area contributed by atoms with Crippen LogP contribution in [0.1, 0.15) is 38.6 Å². The van der Waals surface area contributed by atoms with E-state index in [4.69, 9.17) is 0 Å². The molecule has 0 spiro atoms. The van der Waals surface area contributed by atoms with Gasteiger partial charge in [0.15, 0.2) is 0 Å². The number of nitrogens with zero attached hydrogens (tertiary/aromatic N) is 3. The van der Waals surface area contributed by atoms with E-state index < -0.39 is 0 Å². The van der Waals surface area contributed by atoms with Crippen LogP contribution >= 0.6 is 0 Å². The van der Waals surface area contributed by atoms with E-state index in [0.717, 1.165) is 27.9 Å². The second-order valence-electron chi connectivity index (χ2n) is 7.58. The van der Waals surface area contributed by atoms with Gasteiger partial charge in [-0.05, 0) is 52.0 Å². The minimum absolute atomic E-state index is 0.215. The van der Waals surface area contributed by atoms with Crippen molar-refractivity contribution < 1.29 is 9.18 Å². The van der Waals surface area contributed by atoms with E-state index in [9.17, 15) is 9.18 Å². The number of rotatable bonds is 4. The molecule has 6 heteroatoms. The van der Waals surface area contributed by atoms with Gasteiger partial charge in [0.05, 0.1) is 34.7 Å².